The Morgan fingerprint density at radius 2 is 1.49 bits per heavy atom. The number of likely N-dealkylation sites (tertiary alicyclic amines) is 1. The van der Waals surface area contributed by atoms with E-state index in [-0.39, 0.29) is 17.7 Å². The number of fused-ring (bicyclic) bond motifs is 1. The van der Waals surface area contributed by atoms with Gasteiger partial charge in [0, 0.05) is 55.6 Å². The number of hydrogen-bond acceptors (Lipinski definition) is 5. The van der Waals surface area contributed by atoms with Crippen LogP contribution in [-0.4, -0.2) is 57.2 Å². The second kappa shape index (κ2) is 14.9. The lowest BCUT2D eigenvalue weighted by atomic mass is 10.0. The van der Waals surface area contributed by atoms with Crippen LogP contribution in [0, 0.1) is 11.8 Å². The van der Waals surface area contributed by atoms with Crippen LogP contribution in [0.5, 0.6) is 0 Å². The Bertz CT molecular complexity index is 1560. The standard InChI is InChI=1S/C38H49N5O2/c1-27(2)17-23-42(24-18-28(3)4)37(45)32-13-16-35-36(25-32)43(38(40-35)39-33-14-11-31(12-15-33)29(5)44)34-19-21-41(22-20-34)26-30-9-7-6-8-10-30/h6-16,25,27-28,34H,17-24,26H2,1-5H3,(H,39,40). The molecule has 1 amide bonds. The molecule has 45 heavy (non-hydrogen) atoms. The van der Waals surface area contributed by atoms with Crippen LogP contribution in [0.4, 0.5) is 11.6 Å². The quantitative estimate of drug-likeness (QED) is 0.155. The van der Waals surface area contributed by atoms with Gasteiger partial charge in [0.1, 0.15) is 0 Å². The average molecular weight is 608 g/mol. The second-order valence-electron chi connectivity index (χ2n) is 13.4. The first-order valence-electron chi connectivity index (χ1n) is 16.6. The largest absolute Gasteiger partial charge is 0.339 e. The molecule has 7 nitrogen and oxygen atoms in total. The highest BCUT2D eigenvalue weighted by atomic mass is 16.2. The van der Waals surface area contributed by atoms with Gasteiger partial charge in [-0.1, -0.05) is 58.0 Å². The predicted octanol–water partition coefficient (Wildman–Crippen LogP) is 8.35. The van der Waals surface area contributed by atoms with Gasteiger partial charge < -0.3 is 14.8 Å². The second-order valence-corrected chi connectivity index (χ2v) is 13.4. The summed E-state index contributed by atoms with van der Waals surface area (Å²) in [5.74, 6) is 1.98. The van der Waals surface area contributed by atoms with Gasteiger partial charge in [-0.2, -0.15) is 0 Å². The zero-order valence-corrected chi connectivity index (χ0v) is 27.6. The van der Waals surface area contributed by atoms with Crippen molar-refractivity contribution in [2.24, 2.45) is 11.8 Å². The number of carbonyl (C=O) groups excluding carboxylic acids is 2. The number of imidazole rings is 1. The van der Waals surface area contributed by atoms with Crippen LogP contribution in [-0.2, 0) is 6.54 Å². The third-order valence-electron chi connectivity index (χ3n) is 8.90. The molecule has 2 heterocycles. The zero-order valence-electron chi connectivity index (χ0n) is 27.6. The van der Waals surface area contributed by atoms with Gasteiger partial charge in [-0.05, 0) is 92.5 Å². The van der Waals surface area contributed by atoms with Crippen LogP contribution >= 0.6 is 0 Å². The van der Waals surface area contributed by atoms with Crippen molar-refractivity contribution in [3.63, 3.8) is 0 Å². The maximum absolute atomic E-state index is 13.9. The van der Waals surface area contributed by atoms with E-state index in [2.05, 4.69) is 78.9 Å². The molecule has 0 aliphatic carbocycles. The highest BCUT2D eigenvalue weighted by molar-refractivity contribution is 5.98. The molecule has 0 atom stereocenters. The molecule has 1 fully saturated rings. The summed E-state index contributed by atoms with van der Waals surface area (Å²) < 4.78 is 2.32. The summed E-state index contributed by atoms with van der Waals surface area (Å²) in [6.45, 7) is 14.9. The summed E-state index contributed by atoms with van der Waals surface area (Å²) in [6, 6.07) is 24.4. The lowest BCUT2D eigenvalue weighted by Gasteiger charge is -2.33. The van der Waals surface area contributed by atoms with E-state index in [9.17, 15) is 9.59 Å². The molecule has 0 radical (unpaired) electrons. The summed E-state index contributed by atoms with van der Waals surface area (Å²) in [7, 11) is 0. The molecule has 0 spiro atoms. The number of rotatable bonds is 13. The first-order valence-corrected chi connectivity index (χ1v) is 16.6. The Hall–Kier alpha value is -3.97. The number of anilines is 2. The summed E-state index contributed by atoms with van der Waals surface area (Å²) in [5.41, 5.74) is 5.47. The number of piperidine rings is 1. The van der Waals surface area contributed by atoms with Gasteiger partial charge in [-0.3, -0.25) is 14.5 Å². The zero-order chi connectivity index (χ0) is 31.9. The molecule has 5 rings (SSSR count). The third kappa shape index (κ3) is 8.40. The molecule has 1 aliphatic rings. The molecule has 3 aromatic carbocycles. The lowest BCUT2D eigenvalue weighted by Crippen LogP contribution is -2.34. The fourth-order valence-electron chi connectivity index (χ4n) is 6.10. The molecule has 7 heteroatoms. The Morgan fingerprint density at radius 3 is 2.09 bits per heavy atom. The summed E-state index contributed by atoms with van der Waals surface area (Å²) >= 11 is 0. The molecule has 0 bridgehead atoms. The number of benzene rings is 3. The van der Waals surface area contributed by atoms with Gasteiger partial charge in [0.15, 0.2) is 5.78 Å². The van der Waals surface area contributed by atoms with Crippen molar-refractivity contribution < 1.29 is 9.59 Å². The average Bonchev–Trinajstić information content (AvgIpc) is 3.38. The molecular formula is C38H49N5O2. The molecule has 1 N–H and O–H groups in total. The molecule has 238 valence electrons. The maximum atomic E-state index is 13.9. The third-order valence-corrected chi connectivity index (χ3v) is 8.90. The summed E-state index contributed by atoms with van der Waals surface area (Å²) in [6.07, 6.45) is 3.96. The van der Waals surface area contributed by atoms with E-state index in [0.29, 0.717) is 17.4 Å². The van der Waals surface area contributed by atoms with Crippen LogP contribution in [0.15, 0.2) is 72.8 Å². The minimum Gasteiger partial charge on any atom is -0.339 e. The van der Waals surface area contributed by atoms with Crippen LogP contribution in [0.2, 0.25) is 0 Å². The molecule has 1 aromatic heterocycles. The lowest BCUT2D eigenvalue weighted by molar-refractivity contribution is 0.0740. The topological polar surface area (TPSA) is 70.5 Å². The molecular weight excluding hydrogens is 558 g/mol. The monoisotopic (exact) mass is 607 g/mol. The fourth-order valence-corrected chi connectivity index (χ4v) is 6.10. The first-order chi connectivity index (χ1) is 21.7. The van der Waals surface area contributed by atoms with Crippen molar-refractivity contribution in [1.82, 2.24) is 19.4 Å². The van der Waals surface area contributed by atoms with Gasteiger partial charge in [0.2, 0.25) is 5.95 Å². The normalized spacial score (nSPS) is 14.4. The fraction of sp³-hybridized carbons (Fsp3) is 0.447. The first kappa shape index (κ1) is 32.4. The number of hydrogen-bond donors (Lipinski definition) is 1. The van der Waals surface area contributed by atoms with E-state index in [0.717, 1.165) is 86.6 Å². The van der Waals surface area contributed by atoms with Gasteiger partial charge in [-0.15, -0.1) is 0 Å². The number of nitrogens with one attached hydrogen (secondary N) is 1. The molecule has 0 unspecified atom stereocenters. The SMILES string of the molecule is CC(=O)c1ccc(Nc2nc3ccc(C(=O)N(CCC(C)C)CCC(C)C)cc3n2C2CCN(Cc3ccccc3)CC2)cc1. The van der Waals surface area contributed by atoms with Crippen molar-refractivity contribution in [2.45, 2.75) is 72.9 Å². The molecule has 1 saturated heterocycles. The smallest absolute Gasteiger partial charge is 0.253 e. The Labute approximate surface area is 268 Å². The molecule has 1 aliphatic heterocycles. The number of Topliss-reactive ketones (excluding diaryl/α,β-unsaturated/α-hetero) is 1. The van der Waals surface area contributed by atoms with Crippen LogP contribution < -0.4 is 5.32 Å². The van der Waals surface area contributed by atoms with E-state index in [1.165, 1.54) is 5.56 Å². The van der Waals surface area contributed by atoms with E-state index in [1.54, 1.807) is 6.92 Å². The van der Waals surface area contributed by atoms with E-state index >= 15 is 0 Å². The van der Waals surface area contributed by atoms with Crippen molar-refractivity contribution in [2.75, 3.05) is 31.5 Å². The van der Waals surface area contributed by atoms with Gasteiger partial charge in [-0.25, -0.2) is 4.98 Å². The van der Waals surface area contributed by atoms with Gasteiger partial charge in [0.05, 0.1) is 11.0 Å². The highest BCUT2D eigenvalue weighted by Crippen LogP contribution is 2.34. The van der Waals surface area contributed by atoms with Crippen LogP contribution in [0.1, 0.15) is 92.6 Å². The van der Waals surface area contributed by atoms with E-state index < -0.39 is 0 Å². The Kier molecular flexibility index (Phi) is 10.7. The van der Waals surface area contributed by atoms with Gasteiger partial charge >= 0.3 is 0 Å². The predicted molar refractivity (Wildman–Crippen MR) is 184 cm³/mol. The van der Waals surface area contributed by atoms with Crippen molar-refractivity contribution in [1.29, 1.82) is 0 Å². The number of nitrogens with zero attached hydrogens (tertiary/aromatic N) is 4. The Balaban J connectivity index is 1.45. The van der Waals surface area contributed by atoms with Crippen LogP contribution in [0.25, 0.3) is 11.0 Å². The number of amides is 1. The van der Waals surface area contributed by atoms with Crippen molar-refractivity contribution >= 4 is 34.4 Å². The highest BCUT2D eigenvalue weighted by Gasteiger charge is 2.26. The minimum atomic E-state index is 0.0454. The Morgan fingerprint density at radius 1 is 0.867 bits per heavy atom. The van der Waals surface area contributed by atoms with E-state index in [1.807, 2.05) is 41.3 Å². The van der Waals surface area contributed by atoms with Crippen molar-refractivity contribution in [3.8, 4) is 0 Å². The molecule has 0 saturated carbocycles. The number of ketones is 1. The molecule has 4 aromatic rings. The summed E-state index contributed by atoms with van der Waals surface area (Å²) in [4.78, 5) is 35.4. The summed E-state index contributed by atoms with van der Waals surface area (Å²) in [5, 5.41) is 3.55. The van der Waals surface area contributed by atoms with Crippen LogP contribution in [0.3, 0.4) is 0 Å². The number of carbonyl (C=O) groups is 2. The maximum Gasteiger partial charge on any atom is 0.253 e. The van der Waals surface area contributed by atoms with Gasteiger partial charge in [0.25, 0.3) is 5.91 Å². The van der Waals surface area contributed by atoms with Crippen molar-refractivity contribution in [3.05, 3.63) is 89.5 Å². The number of aromatic nitrogens is 2. The van der Waals surface area contributed by atoms with E-state index in [4.69, 9.17) is 4.98 Å². The minimum absolute atomic E-state index is 0.0454.